The molecule has 0 N–H and O–H groups in total. The number of carbonyl (C=O) groups is 1. The third-order valence-corrected chi connectivity index (χ3v) is 8.49. The van der Waals surface area contributed by atoms with E-state index in [4.69, 9.17) is 9.47 Å². The number of likely N-dealkylation sites (N-methyl/N-ethyl adjacent to an activating group) is 1. The SMILES string of the molecule is COc1ccc(S[C@@H]2C[C@@H](C(=O)N3CCCN(C)CC3)N(Cc3cc(C)c(OC)cc3C)C2)cc1. The number of methoxy groups -OCH3 is 2. The van der Waals surface area contributed by atoms with Crippen LogP contribution in [0.3, 0.4) is 0 Å². The van der Waals surface area contributed by atoms with Gasteiger partial charge in [0, 0.05) is 42.9 Å². The second kappa shape index (κ2) is 11.7. The maximum atomic E-state index is 13.8. The molecule has 7 heteroatoms. The van der Waals surface area contributed by atoms with Gasteiger partial charge in [-0.2, -0.15) is 0 Å². The van der Waals surface area contributed by atoms with Crippen LogP contribution in [0.25, 0.3) is 0 Å². The lowest BCUT2D eigenvalue weighted by molar-refractivity contribution is -0.136. The Bertz CT molecular complexity index is 1010. The lowest BCUT2D eigenvalue weighted by Crippen LogP contribution is -2.46. The number of hydrogen-bond donors (Lipinski definition) is 0. The first-order valence-corrected chi connectivity index (χ1v) is 13.4. The monoisotopic (exact) mass is 497 g/mol. The molecular formula is C28H39N3O3S. The van der Waals surface area contributed by atoms with Gasteiger partial charge in [0.1, 0.15) is 11.5 Å². The van der Waals surface area contributed by atoms with Gasteiger partial charge < -0.3 is 19.3 Å². The first-order chi connectivity index (χ1) is 16.9. The Labute approximate surface area is 214 Å². The number of carbonyl (C=O) groups excluding carboxylic acids is 1. The maximum Gasteiger partial charge on any atom is 0.240 e. The van der Waals surface area contributed by atoms with Gasteiger partial charge in [-0.1, -0.05) is 6.07 Å². The fraction of sp³-hybridized carbons (Fsp3) is 0.536. The van der Waals surface area contributed by atoms with Crippen LogP contribution in [0.1, 0.15) is 29.5 Å². The third kappa shape index (κ3) is 6.32. The molecule has 2 aromatic rings. The Morgan fingerprint density at radius 3 is 2.49 bits per heavy atom. The first kappa shape index (κ1) is 25.9. The topological polar surface area (TPSA) is 45.2 Å². The standard InChI is InChI=1S/C28H39N3O3S/c1-20-16-27(34-5)21(2)15-22(20)18-31-19-25(35-24-9-7-23(33-4)8-10-24)17-26(31)28(32)30-12-6-11-29(3)13-14-30/h7-10,15-16,25-26H,6,11-14,17-19H2,1-5H3/t25-,26+/m1/s1. The van der Waals surface area contributed by atoms with Crippen molar-refractivity contribution in [2.75, 3.05) is 54.0 Å². The highest BCUT2D eigenvalue weighted by Crippen LogP contribution is 2.36. The van der Waals surface area contributed by atoms with Gasteiger partial charge in [0.15, 0.2) is 0 Å². The molecular weight excluding hydrogens is 458 g/mol. The summed E-state index contributed by atoms with van der Waals surface area (Å²) in [7, 11) is 5.55. The Balaban J connectivity index is 1.54. The lowest BCUT2D eigenvalue weighted by Gasteiger charge is -2.30. The van der Waals surface area contributed by atoms with Crippen LogP contribution in [0, 0.1) is 13.8 Å². The first-order valence-electron chi connectivity index (χ1n) is 12.5. The van der Waals surface area contributed by atoms with Gasteiger partial charge >= 0.3 is 0 Å². The average molecular weight is 498 g/mol. The Kier molecular flexibility index (Phi) is 8.63. The van der Waals surface area contributed by atoms with E-state index < -0.39 is 0 Å². The molecule has 0 radical (unpaired) electrons. The number of thioether (sulfide) groups is 1. The van der Waals surface area contributed by atoms with Gasteiger partial charge in [0.05, 0.1) is 20.3 Å². The molecule has 2 aliphatic heterocycles. The van der Waals surface area contributed by atoms with E-state index in [1.165, 1.54) is 16.0 Å². The number of benzene rings is 2. The van der Waals surface area contributed by atoms with Crippen LogP contribution in [0.15, 0.2) is 41.3 Å². The Morgan fingerprint density at radius 2 is 1.77 bits per heavy atom. The number of nitrogens with zero attached hydrogens (tertiary/aromatic N) is 3. The van der Waals surface area contributed by atoms with Crippen molar-refractivity contribution in [1.82, 2.24) is 14.7 Å². The fourth-order valence-corrected chi connectivity index (χ4v) is 6.38. The summed E-state index contributed by atoms with van der Waals surface area (Å²) in [5, 5.41) is 0.367. The van der Waals surface area contributed by atoms with E-state index in [0.29, 0.717) is 11.2 Å². The molecule has 0 unspecified atom stereocenters. The molecule has 2 aromatic carbocycles. The molecule has 2 heterocycles. The van der Waals surface area contributed by atoms with Gasteiger partial charge in [-0.3, -0.25) is 9.69 Å². The minimum Gasteiger partial charge on any atom is -0.497 e. The van der Waals surface area contributed by atoms with Crippen LogP contribution in [-0.2, 0) is 11.3 Å². The Hall–Kier alpha value is -2.22. The minimum atomic E-state index is -0.0871. The van der Waals surface area contributed by atoms with Gasteiger partial charge in [-0.25, -0.2) is 0 Å². The zero-order valence-corrected chi connectivity index (χ0v) is 22.6. The molecule has 4 rings (SSSR count). The number of aryl methyl sites for hydroxylation is 2. The van der Waals surface area contributed by atoms with Crippen molar-refractivity contribution in [2.45, 2.75) is 49.4 Å². The van der Waals surface area contributed by atoms with Gasteiger partial charge in [0.25, 0.3) is 0 Å². The van der Waals surface area contributed by atoms with E-state index in [-0.39, 0.29) is 6.04 Å². The second-order valence-electron chi connectivity index (χ2n) is 9.83. The molecule has 35 heavy (non-hydrogen) atoms. The van der Waals surface area contributed by atoms with Gasteiger partial charge in [-0.15, -0.1) is 11.8 Å². The highest BCUT2D eigenvalue weighted by Gasteiger charge is 2.39. The highest BCUT2D eigenvalue weighted by molar-refractivity contribution is 8.00. The van der Waals surface area contributed by atoms with Crippen LogP contribution >= 0.6 is 11.8 Å². The molecule has 6 nitrogen and oxygen atoms in total. The van der Waals surface area contributed by atoms with E-state index in [9.17, 15) is 4.79 Å². The quantitative estimate of drug-likeness (QED) is 0.571. The molecule has 0 spiro atoms. The number of rotatable bonds is 7. The number of ether oxygens (including phenoxy) is 2. The second-order valence-corrected chi connectivity index (χ2v) is 11.2. The molecule has 2 aliphatic rings. The molecule has 2 fully saturated rings. The molecule has 190 valence electrons. The minimum absolute atomic E-state index is 0.0871. The van der Waals surface area contributed by atoms with E-state index in [1.807, 2.05) is 23.9 Å². The van der Waals surface area contributed by atoms with E-state index in [0.717, 1.165) is 69.2 Å². The fourth-order valence-electron chi connectivity index (χ4n) is 5.16. The van der Waals surface area contributed by atoms with Crippen molar-refractivity contribution in [3.05, 3.63) is 53.1 Å². The smallest absolute Gasteiger partial charge is 0.240 e. The Morgan fingerprint density at radius 1 is 1.00 bits per heavy atom. The molecule has 0 bridgehead atoms. The molecule has 1 amide bonds. The largest absolute Gasteiger partial charge is 0.497 e. The van der Waals surface area contributed by atoms with Crippen molar-refractivity contribution < 1.29 is 14.3 Å². The van der Waals surface area contributed by atoms with Crippen molar-refractivity contribution in [2.24, 2.45) is 0 Å². The molecule has 0 aromatic heterocycles. The molecule has 0 saturated carbocycles. The summed E-state index contributed by atoms with van der Waals surface area (Å²) < 4.78 is 10.8. The zero-order valence-electron chi connectivity index (χ0n) is 21.8. The summed E-state index contributed by atoms with van der Waals surface area (Å²) in [5.74, 6) is 2.08. The normalized spacial score (nSPS) is 21.7. The van der Waals surface area contributed by atoms with E-state index >= 15 is 0 Å². The predicted octanol–water partition coefficient (Wildman–Crippen LogP) is 4.22. The van der Waals surface area contributed by atoms with Crippen LogP contribution in [0.5, 0.6) is 11.5 Å². The van der Waals surface area contributed by atoms with Crippen LogP contribution in [-0.4, -0.2) is 85.9 Å². The average Bonchev–Trinajstić information content (AvgIpc) is 3.11. The van der Waals surface area contributed by atoms with Crippen molar-refractivity contribution >= 4 is 17.7 Å². The number of hydrogen-bond acceptors (Lipinski definition) is 6. The van der Waals surface area contributed by atoms with Crippen LogP contribution in [0.2, 0.25) is 0 Å². The molecule has 2 atom stereocenters. The maximum absolute atomic E-state index is 13.8. The summed E-state index contributed by atoms with van der Waals surface area (Å²) in [5.41, 5.74) is 3.61. The number of likely N-dealkylation sites (tertiary alicyclic amines) is 1. The summed E-state index contributed by atoms with van der Waals surface area (Å²) >= 11 is 1.87. The summed E-state index contributed by atoms with van der Waals surface area (Å²) in [6.45, 7) is 9.56. The van der Waals surface area contributed by atoms with E-state index in [2.05, 4.69) is 59.9 Å². The van der Waals surface area contributed by atoms with Crippen molar-refractivity contribution in [3.8, 4) is 11.5 Å². The third-order valence-electron chi connectivity index (χ3n) is 7.27. The summed E-state index contributed by atoms with van der Waals surface area (Å²) in [6, 6.07) is 12.5. The summed E-state index contributed by atoms with van der Waals surface area (Å²) in [4.78, 5) is 21.9. The van der Waals surface area contributed by atoms with Gasteiger partial charge in [-0.05, 0) is 87.3 Å². The molecule has 0 aliphatic carbocycles. The van der Waals surface area contributed by atoms with Crippen molar-refractivity contribution in [1.29, 1.82) is 0 Å². The van der Waals surface area contributed by atoms with Crippen LogP contribution < -0.4 is 9.47 Å². The van der Waals surface area contributed by atoms with Gasteiger partial charge in [0.2, 0.25) is 5.91 Å². The zero-order chi connectivity index (χ0) is 24.9. The predicted molar refractivity (Wildman–Crippen MR) is 143 cm³/mol. The molecule has 2 saturated heterocycles. The number of amides is 1. The summed E-state index contributed by atoms with van der Waals surface area (Å²) in [6.07, 6.45) is 1.91. The van der Waals surface area contributed by atoms with Crippen molar-refractivity contribution in [3.63, 3.8) is 0 Å². The van der Waals surface area contributed by atoms with E-state index in [1.54, 1.807) is 14.2 Å². The van der Waals surface area contributed by atoms with Crippen LogP contribution in [0.4, 0.5) is 0 Å². The highest BCUT2D eigenvalue weighted by atomic mass is 32.2. The lowest BCUT2D eigenvalue weighted by atomic mass is 10.0.